The Morgan fingerprint density at radius 1 is 1.32 bits per heavy atom. The number of halogens is 1. The van der Waals surface area contributed by atoms with E-state index in [9.17, 15) is 14.3 Å². The third-order valence-corrected chi connectivity index (χ3v) is 4.02. The van der Waals surface area contributed by atoms with E-state index in [1.54, 1.807) is 23.9 Å². The van der Waals surface area contributed by atoms with Crippen molar-refractivity contribution < 1.29 is 14.3 Å². The van der Waals surface area contributed by atoms with Gasteiger partial charge in [0.1, 0.15) is 11.3 Å². The number of aliphatic hydroxyl groups is 1. The maximum Gasteiger partial charge on any atom is 0.253 e. The Bertz CT molecular complexity index is 892. The monoisotopic (exact) mass is 342 g/mol. The quantitative estimate of drug-likeness (QED) is 0.746. The molecule has 2 atom stereocenters. The van der Waals surface area contributed by atoms with Gasteiger partial charge in [0.25, 0.3) is 5.91 Å². The third-order valence-electron chi connectivity index (χ3n) is 4.02. The molecular weight excluding hydrogens is 323 g/mol. The van der Waals surface area contributed by atoms with Crippen molar-refractivity contribution in [3.05, 3.63) is 59.8 Å². The van der Waals surface area contributed by atoms with Crippen LogP contribution in [0, 0.1) is 5.82 Å². The molecular formula is C18H19FN4O2. The molecule has 3 rings (SSSR count). The summed E-state index contributed by atoms with van der Waals surface area (Å²) in [5.74, 6) is -0.631. The molecule has 0 spiro atoms. The minimum absolute atomic E-state index is 0.271. The Balaban J connectivity index is 1.63. The average Bonchev–Trinajstić information content (AvgIpc) is 2.96. The molecule has 2 heterocycles. The van der Waals surface area contributed by atoms with Crippen LogP contribution in [0.2, 0.25) is 0 Å². The summed E-state index contributed by atoms with van der Waals surface area (Å²) in [6.07, 6.45) is 2.67. The lowest BCUT2D eigenvalue weighted by Crippen LogP contribution is -2.33. The smallest absolute Gasteiger partial charge is 0.253 e. The van der Waals surface area contributed by atoms with Gasteiger partial charge < -0.3 is 15.0 Å². The Labute approximate surface area is 144 Å². The molecule has 0 radical (unpaired) electrons. The van der Waals surface area contributed by atoms with E-state index >= 15 is 0 Å². The SMILES string of the molecule is CC(CC(O)c1ccc(F)cc1)NC(=O)c1cnc2c(c1)ncn2C. The molecule has 130 valence electrons. The number of aliphatic hydroxyl groups excluding tert-OH is 1. The fourth-order valence-electron chi connectivity index (χ4n) is 2.66. The predicted molar refractivity (Wildman–Crippen MR) is 91.4 cm³/mol. The van der Waals surface area contributed by atoms with Gasteiger partial charge in [0.05, 0.1) is 18.0 Å². The second-order valence-corrected chi connectivity index (χ2v) is 6.10. The van der Waals surface area contributed by atoms with E-state index in [-0.39, 0.29) is 17.8 Å². The maximum atomic E-state index is 12.9. The first-order valence-electron chi connectivity index (χ1n) is 7.95. The number of benzene rings is 1. The standard InChI is InChI=1S/C18H19FN4O2/c1-11(7-16(24)12-3-5-14(19)6-4-12)22-18(25)13-8-15-17(20-9-13)23(2)10-21-15/h3-6,8-11,16,24H,7H2,1-2H3,(H,22,25). The predicted octanol–water partition coefficient (Wildman–Crippen LogP) is 2.35. The lowest BCUT2D eigenvalue weighted by molar-refractivity contribution is 0.0916. The molecule has 0 aliphatic rings. The lowest BCUT2D eigenvalue weighted by atomic mass is 10.0. The van der Waals surface area contributed by atoms with Crippen molar-refractivity contribution in [3.63, 3.8) is 0 Å². The lowest BCUT2D eigenvalue weighted by Gasteiger charge is -2.18. The van der Waals surface area contributed by atoms with E-state index in [1.807, 2.05) is 7.05 Å². The highest BCUT2D eigenvalue weighted by molar-refractivity contribution is 5.96. The van der Waals surface area contributed by atoms with Crippen LogP contribution in [0.4, 0.5) is 4.39 Å². The summed E-state index contributed by atoms with van der Waals surface area (Å²) in [7, 11) is 1.83. The zero-order chi connectivity index (χ0) is 18.0. The van der Waals surface area contributed by atoms with Gasteiger partial charge in [-0.05, 0) is 37.1 Å². The van der Waals surface area contributed by atoms with Crippen LogP contribution >= 0.6 is 0 Å². The Morgan fingerprint density at radius 2 is 2.04 bits per heavy atom. The van der Waals surface area contributed by atoms with Crippen LogP contribution < -0.4 is 5.32 Å². The van der Waals surface area contributed by atoms with Gasteiger partial charge in [0, 0.05) is 19.3 Å². The number of imidazole rings is 1. The number of aromatic nitrogens is 3. The molecule has 2 unspecified atom stereocenters. The molecule has 0 bridgehead atoms. The third kappa shape index (κ3) is 3.83. The average molecular weight is 342 g/mol. The fourth-order valence-corrected chi connectivity index (χ4v) is 2.66. The number of rotatable bonds is 5. The van der Waals surface area contributed by atoms with Crippen molar-refractivity contribution in [2.45, 2.75) is 25.5 Å². The van der Waals surface area contributed by atoms with E-state index in [2.05, 4.69) is 15.3 Å². The van der Waals surface area contributed by atoms with Gasteiger partial charge in [-0.2, -0.15) is 0 Å². The largest absolute Gasteiger partial charge is 0.388 e. The van der Waals surface area contributed by atoms with Gasteiger partial charge in [-0.25, -0.2) is 14.4 Å². The van der Waals surface area contributed by atoms with E-state index < -0.39 is 6.10 Å². The van der Waals surface area contributed by atoms with E-state index in [0.717, 1.165) is 0 Å². The zero-order valence-electron chi connectivity index (χ0n) is 14.0. The topological polar surface area (TPSA) is 80.0 Å². The number of hydrogen-bond acceptors (Lipinski definition) is 4. The number of carbonyl (C=O) groups excluding carboxylic acids is 1. The first kappa shape index (κ1) is 17.0. The number of nitrogens with zero attached hydrogens (tertiary/aromatic N) is 3. The number of nitrogens with one attached hydrogen (secondary N) is 1. The van der Waals surface area contributed by atoms with Crippen molar-refractivity contribution in [2.75, 3.05) is 0 Å². The van der Waals surface area contributed by atoms with Crippen molar-refractivity contribution in [1.29, 1.82) is 0 Å². The summed E-state index contributed by atoms with van der Waals surface area (Å²) in [5, 5.41) is 13.0. The Kier molecular flexibility index (Phi) is 4.76. The number of carbonyl (C=O) groups is 1. The molecule has 1 amide bonds. The van der Waals surface area contributed by atoms with Crippen LogP contribution in [0.1, 0.15) is 35.4 Å². The summed E-state index contributed by atoms with van der Waals surface area (Å²) >= 11 is 0. The minimum Gasteiger partial charge on any atom is -0.388 e. The van der Waals surface area contributed by atoms with E-state index in [0.29, 0.717) is 28.7 Å². The summed E-state index contributed by atoms with van der Waals surface area (Å²) in [4.78, 5) is 20.8. The molecule has 0 saturated heterocycles. The molecule has 3 aromatic rings. The van der Waals surface area contributed by atoms with E-state index in [4.69, 9.17) is 0 Å². The molecule has 6 nitrogen and oxygen atoms in total. The summed E-state index contributed by atoms with van der Waals surface area (Å²) in [6, 6.07) is 7.08. The van der Waals surface area contributed by atoms with Crippen molar-refractivity contribution in [3.8, 4) is 0 Å². The number of hydrogen-bond donors (Lipinski definition) is 2. The summed E-state index contributed by atoms with van der Waals surface area (Å²) in [5.41, 5.74) is 2.37. The molecule has 0 aliphatic heterocycles. The number of aryl methyl sites for hydroxylation is 1. The highest BCUT2D eigenvalue weighted by Crippen LogP contribution is 2.19. The summed E-state index contributed by atoms with van der Waals surface area (Å²) in [6.45, 7) is 1.80. The van der Waals surface area contributed by atoms with Crippen LogP contribution in [-0.4, -0.2) is 31.6 Å². The van der Waals surface area contributed by atoms with Gasteiger partial charge in [-0.1, -0.05) is 12.1 Å². The highest BCUT2D eigenvalue weighted by Gasteiger charge is 2.16. The number of pyridine rings is 1. The molecule has 2 aromatic heterocycles. The van der Waals surface area contributed by atoms with Crippen LogP contribution in [-0.2, 0) is 7.05 Å². The first-order chi connectivity index (χ1) is 11.9. The maximum absolute atomic E-state index is 12.9. The van der Waals surface area contributed by atoms with Crippen LogP contribution in [0.15, 0.2) is 42.9 Å². The van der Waals surface area contributed by atoms with Gasteiger partial charge in [-0.15, -0.1) is 0 Å². The highest BCUT2D eigenvalue weighted by atomic mass is 19.1. The van der Waals surface area contributed by atoms with Gasteiger partial charge in [0.15, 0.2) is 5.65 Å². The zero-order valence-corrected chi connectivity index (χ0v) is 14.0. The van der Waals surface area contributed by atoms with Gasteiger partial charge in [-0.3, -0.25) is 4.79 Å². The molecule has 0 aliphatic carbocycles. The molecule has 0 fully saturated rings. The summed E-state index contributed by atoms with van der Waals surface area (Å²) < 4.78 is 14.7. The number of fused-ring (bicyclic) bond motifs is 1. The Hall–Kier alpha value is -2.80. The number of amides is 1. The second kappa shape index (κ2) is 6.98. The van der Waals surface area contributed by atoms with Crippen LogP contribution in [0.25, 0.3) is 11.2 Å². The molecule has 25 heavy (non-hydrogen) atoms. The van der Waals surface area contributed by atoms with Crippen LogP contribution in [0.5, 0.6) is 0 Å². The first-order valence-corrected chi connectivity index (χ1v) is 7.95. The van der Waals surface area contributed by atoms with Crippen LogP contribution in [0.3, 0.4) is 0 Å². The van der Waals surface area contributed by atoms with E-state index in [1.165, 1.54) is 30.5 Å². The normalized spacial score (nSPS) is 13.6. The molecule has 0 saturated carbocycles. The Morgan fingerprint density at radius 3 is 2.76 bits per heavy atom. The molecule has 2 N–H and O–H groups in total. The minimum atomic E-state index is -0.785. The van der Waals surface area contributed by atoms with Crippen molar-refractivity contribution >= 4 is 17.1 Å². The molecule has 1 aromatic carbocycles. The van der Waals surface area contributed by atoms with Crippen molar-refractivity contribution in [2.24, 2.45) is 7.05 Å². The second-order valence-electron chi connectivity index (χ2n) is 6.10. The molecule has 7 heteroatoms. The van der Waals surface area contributed by atoms with Gasteiger partial charge >= 0.3 is 0 Å². The van der Waals surface area contributed by atoms with Gasteiger partial charge in [0.2, 0.25) is 0 Å². The van der Waals surface area contributed by atoms with Crippen molar-refractivity contribution in [1.82, 2.24) is 19.9 Å². The fraction of sp³-hybridized carbons (Fsp3) is 0.278.